The second-order valence-electron chi connectivity index (χ2n) is 5.12. The first-order valence-electron chi connectivity index (χ1n) is 6.57. The van der Waals surface area contributed by atoms with E-state index >= 15 is 0 Å². The van der Waals surface area contributed by atoms with Crippen LogP contribution in [0.5, 0.6) is 0 Å². The number of nitrogens with two attached hydrogens (primary N) is 1. The molecule has 0 aromatic heterocycles. The summed E-state index contributed by atoms with van der Waals surface area (Å²) in [7, 11) is 0. The predicted molar refractivity (Wildman–Crippen MR) is 68.6 cm³/mol. The number of nitrogens with zero attached hydrogens (tertiary/aromatic N) is 1. The highest BCUT2D eigenvalue weighted by Gasteiger charge is 2.37. The van der Waals surface area contributed by atoms with Crippen LogP contribution in [0.1, 0.15) is 30.9 Å². The summed E-state index contributed by atoms with van der Waals surface area (Å²) in [4.78, 5) is 1.52. The van der Waals surface area contributed by atoms with E-state index in [0.717, 1.165) is 18.4 Å². The van der Waals surface area contributed by atoms with Crippen LogP contribution in [0.4, 0.5) is 13.2 Å². The number of benzene rings is 1. The van der Waals surface area contributed by atoms with Gasteiger partial charge in [-0.2, -0.15) is 13.2 Å². The van der Waals surface area contributed by atoms with E-state index in [2.05, 4.69) is 0 Å². The molecule has 0 saturated heterocycles. The largest absolute Gasteiger partial charge is 0.401 e. The molecule has 1 atom stereocenters. The molecule has 106 valence electrons. The monoisotopic (exact) mass is 272 g/mol. The number of hydrogen-bond acceptors (Lipinski definition) is 2. The summed E-state index contributed by atoms with van der Waals surface area (Å²) in [5.74, 6) is 0. The lowest BCUT2D eigenvalue weighted by atomic mass is 10.0. The molecular weight excluding hydrogens is 253 g/mol. The van der Waals surface area contributed by atoms with Crippen LogP contribution in [0.2, 0.25) is 0 Å². The van der Waals surface area contributed by atoms with Crippen molar-refractivity contribution in [2.75, 3.05) is 13.1 Å². The van der Waals surface area contributed by atoms with E-state index in [-0.39, 0.29) is 12.1 Å². The fourth-order valence-electron chi connectivity index (χ4n) is 2.23. The van der Waals surface area contributed by atoms with E-state index in [0.29, 0.717) is 13.0 Å². The molecule has 1 aromatic carbocycles. The van der Waals surface area contributed by atoms with E-state index < -0.39 is 12.7 Å². The zero-order valence-electron chi connectivity index (χ0n) is 10.7. The highest BCUT2D eigenvalue weighted by molar-refractivity contribution is 5.18. The van der Waals surface area contributed by atoms with E-state index in [4.69, 9.17) is 5.73 Å². The van der Waals surface area contributed by atoms with Crippen molar-refractivity contribution in [3.05, 3.63) is 35.9 Å². The molecule has 2 N–H and O–H groups in total. The van der Waals surface area contributed by atoms with Gasteiger partial charge in [0.25, 0.3) is 0 Å². The molecule has 1 fully saturated rings. The minimum Gasteiger partial charge on any atom is -0.324 e. The Labute approximate surface area is 111 Å². The van der Waals surface area contributed by atoms with Crippen molar-refractivity contribution in [2.24, 2.45) is 5.73 Å². The smallest absolute Gasteiger partial charge is 0.324 e. The second kappa shape index (κ2) is 5.92. The molecule has 1 saturated carbocycles. The second-order valence-corrected chi connectivity index (χ2v) is 5.12. The van der Waals surface area contributed by atoms with Crippen molar-refractivity contribution in [1.29, 1.82) is 0 Å². The van der Waals surface area contributed by atoms with Gasteiger partial charge in [0.2, 0.25) is 0 Å². The van der Waals surface area contributed by atoms with Gasteiger partial charge in [0, 0.05) is 18.6 Å². The van der Waals surface area contributed by atoms with Crippen LogP contribution in [0.15, 0.2) is 30.3 Å². The average Bonchev–Trinajstić information content (AvgIpc) is 3.18. The van der Waals surface area contributed by atoms with Gasteiger partial charge in [-0.1, -0.05) is 30.3 Å². The molecule has 0 spiro atoms. The Kier molecular flexibility index (Phi) is 4.47. The Morgan fingerprint density at radius 2 is 1.84 bits per heavy atom. The van der Waals surface area contributed by atoms with Gasteiger partial charge in [-0.3, -0.25) is 4.90 Å². The van der Waals surface area contributed by atoms with Crippen molar-refractivity contribution >= 4 is 0 Å². The Balaban J connectivity index is 1.85. The third-order valence-electron chi connectivity index (χ3n) is 3.40. The lowest BCUT2D eigenvalue weighted by Gasteiger charge is -2.24. The highest BCUT2D eigenvalue weighted by Crippen LogP contribution is 2.30. The molecule has 1 aromatic rings. The Bertz CT molecular complexity index is 387. The van der Waals surface area contributed by atoms with Gasteiger partial charge in [0.1, 0.15) is 0 Å². The zero-order chi connectivity index (χ0) is 13.9. The number of rotatable bonds is 6. The SMILES string of the molecule is NC(CCN(CC(F)(F)F)C1CC1)c1ccccc1. The number of alkyl halides is 3. The van der Waals surface area contributed by atoms with Gasteiger partial charge in [0.05, 0.1) is 6.54 Å². The number of hydrogen-bond donors (Lipinski definition) is 1. The van der Waals surface area contributed by atoms with Crippen LogP contribution in [0, 0.1) is 0 Å². The normalized spacial score (nSPS) is 17.7. The third-order valence-corrected chi connectivity index (χ3v) is 3.40. The van der Waals surface area contributed by atoms with Crippen LogP contribution in [0.25, 0.3) is 0 Å². The first kappa shape index (κ1) is 14.3. The van der Waals surface area contributed by atoms with Crippen molar-refractivity contribution in [3.8, 4) is 0 Å². The molecule has 1 aliphatic rings. The van der Waals surface area contributed by atoms with E-state index in [9.17, 15) is 13.2 Å². The van der Waals surface area contributed by atoms with Gasteiger partial charge in [-0.05, 0) is 24.8 Å². The molecule has 2 nitrogen and oxygen atoms in total. The molecule has 0 amide bonds. The minimum atomic E-state index is -4.13. The average molecular weight is 272 g/mol. The lowest BCUT2D eigenvalue weighted by Crippen LogP contribution is -2.37. The molecule has 5 heteroatoms. The van der Waals surface area contributed by atoms with Crippen LogP contribution < -0.4 is 5.73 Å². The summed E-state index contributed by atoms with van der Waals surface area (Å²) in [6, 6.07) is 9.41. The van der Waals surface area contributed by atoms with Gasteiger partial charge in [-0.15, -0.1) is 0 Å². The Morgan fingerprint density at radius 3 is 2.37 bits per heavy atom. The first-order valence-corrected chi connectivity index (χ1v) is 6.57. The molecule has 0 bridgehead atoms. The first-order chi connectivity index (χ1) is 8.96. The lowest BCUT2D eigenvalue weighted by molar-refractivity contribution is -0.147. The van der Waals surface area contributed by atoms with Gasteiger partial charge in [-0.25, -0.2) is 0 Å². The fourth-order valence-corrected chi connectivity index (χ4v) is 2.23. The fraction of sp³-hybridized carbons (Fsp3) is 0.571. The summed E-state index contributed by atoms with van der Waals surface area (Å²) < 4.78 is 37.4. The Morgan fingerprint density at radius 1 is 1.21 bits per heavy atom. The molecule has 2 rings (SSSR count). The molecule has 0 radical (unpaired) electrons. The standard InChI is InChI=1S/C14H19F3N2/c15-14(16,17)10-19(12-6-7-12)9-8-13(18)11-4-2-1-3-5-11/h1-5,12-13H,6-10,18H2. The van der Waals surface area contributed by atoms with E-state index in [1.165, 1.54) is 4.90 Å². The van der Waals surface area contributed by atoms with Crippen LogP contribution in [-0.4, -0.2) is 30.2 Å². The maximum Gasteiger partial charge on any atom is 0.401 e. The maximum atomic E-state index is 12.5. The van der Waals surface area contributed by atoms with Crippen molar-refractivity contribution in [3.63, 3.8) is 0 Å². The quantitative estimate of drug-likeness (QED) is 0.862. The number of halogens is 3. The van der Waals surface area contributed by atoms with Crippen molar-refractivity contribution < 1.29 is 13.2 Å². The van der Waals surface area contributed by atoms with E-state index in [1.54, 1.807) is 0 Å². The summed E-state index contributed by atoms with van der Waals surface area (Å²) in [6.45, 7) is -0.417. The highest BCUT2D eigenvalue weighted by atomic mass is 19.4. The van der Waals surface area contributed by atoms with Crippen LogP contribution in [-0.2, 0) is 0 Å². The molecule has 19 heavy (non-hydrogen) atoms. The van der Waals surface area contributed by atoms with Crippen molar-refractivity contribution in [1.82, 2.24) is 4.90 Å². The predicted octanol–water partition coefficient (Wildman–Crippen LogP) is 3.10. The van der Waals surface area contributed by atoms with Gasteiger partial charge < -0.3 is 5.73 Å². The maximum absolute atomic E-state index is 12.5. The van der Waals surface area contributed by atoms with Crippen LogP contribution >= 0.6 is 0 Å². The van der Waals surface area contributed by atoms with Gasteiger partial charge >= 0.3 is 6.18 Å². The third kappa shape index (κ3) is 4.84. The molecule has 0 heterocycles. The Hall–Kier alpha value is -1.07. The molecular formula is C14H19F3N2. The molecule has 0 aliphatic heterocycles. The molecule has 1 unspecified atom stereocenters. The van der Waals surface area contributed by atoms with Crippen LogP contribution in [0.3, 0.4) is 0 Å². The summed E-state index contributed by atoms with van der Waals surface area (Å²) >= 11 is 0. The molecule has 1 aliphatic carbocycles. The van der Waals surface area contributed by atoms with Gasteiger partial charge in [0.15, 0.2) is 0 Å². The van der Waals surface area contributed by atoms with E-state index in [1.807, 2.05) is 30.3 Å². The summed E-state index contributed by atoms with van der Waals surface area (Å²) in [5.41, 5.74) is 7.00. The minimum absolute atomic E-state index is 0.101. The topological polar surface area (TPSA) is 29.3 Å². The zero-order valence-corrected chi connectivity index (χ0v) is 10.7. The summed E-state index contributed by atoms with van der Waals surface area (Å²) in [6.07, 6.45) is -1.83. The van der Waals surface area contributed by atoms with Crippen molar-refractivity contribution in [2.45, 2.75) is 37.5 Å². The summed E-state index contributed by atoms with van der Waals surface area (Å²) in [5, 5.41) is 0.